The summed E-state index contributed by atoms with van der Waals surface area (Å²) in [4.78, 5) is 4.83. The molecule has 3 heteroatoms. The Bertz CT molecular complexity index is 135. The summed E-state index contributed by atoms with van der Waals surface area (Å²) in [7, 11) is 3.91. The Morgan fingerprint density at radius 2 is 2.08 bits per heavy atom. The third-order valence-corrected chi connectivity index (χ3v) is 2.61. The quantitative estimate of drug-likeness (QED) is 0.601. The van der Waals surface area contributed by atoms with E-state index in [4.69, 9.17) is 4.74 Å². The number of ether oxygens (including phenoxy) is 1. The largest absolute Gasteiger partial charge is 0.383 e. The monoisotopic (exact) mass is 186 g/mol. The molecule has 0 radical (unpaired) electrons. The van der Waals surface area contributed by atoms with E-state index in [-0.39, 0.29) is 0 Å². The minimum Gasteiger partial charge on any atom is -0.383 e. The maximum Gasteiger partial charge on any atom is 0.0589 e. The van der Waals surface area contributed by atoms with Crippen molar-refractivity contribution in [1.29, 1.82) is 0 Å². The molecule has 0 aromatic heterocycles. The number of hydrogen-bond donors (Lipinski definition) is 0. The second kappa shape index (κ2) is 5.58. The predicted octanol–water partition coefficient (Wildman–Crippen LogP) is 0.516. The number of rotatable bonds is 6. The number of likely N-dealkylation sites (N-methyl/N-ethyl adjacent to an activating group) is 1. The number of hydrogen-bond acceptors (Lipinski definition) is 3. The third-order valence-electron chi connectivity index (χ3n) is 2.61. The Kier molecular flexibility index (Phi) is 4.70. The van der Waals surface area contributed by atoms with Crippen LogP contribution in [0.5, 0.6) is 0 Å². The summed E-state index contributed by atoms with van der Waals surface area (Å²) in [6.45, 7) is 9.15. The number of methoxy groups -OCH3 is 1. The Morgan fingerprint density at radius 3 is 2.62 bits per heavy atom. The highest BCUT2D eigenvalue weighted by Gasteiger charge is 2.21. The van der Waals surface area contributed by atoms with Gasteiger partial charge in [-0.15, -0.1) is 0 Å². The fourth-order valence-corrected chi connectivity index (χ4v) is 1.68. The molecule has 78 valence electrons. The van der Waals surface area contributed by atoms with Gasteiger partial charge in [-0.2, -0.15) is 0 Å². The zero-order valence-corrected chi connectivity index (χ0v) is 9.12. The zero-order chi connectivity index (χ0) is 9.68. The lowest BCUT2D eigenvalue weighted by Crippen LogP contribution is -2.48. The summed E-state index contributed by atoms with van der Waals surface area (Å²) in [5, 5.41) is 0. The van der Waals surface area contributed by atoms with Gasteiger partial charge >= 0.3 is 0 Å². The smallest absolute Gasteiger partial charge is 0.0589 e. The van der Waals surface area contributed by atoms with E-state index in [1.807, 2.05) is 0 Å². The van der Waals surface area contributed by atoms with E-state index in [2.05, 4.69) is 23.8 Å². The summed E-state index contributed by atoms with van der Waals surface area (Å²) in [5.41, 5.74) is 0. The van der Waals surface area contributed by atoms with Crippen LogP contribution in [-0.2, 0) is 4.74 Å². The molecule has 0 spiro atoms. The van der Waals surface area contributed by atoms with E-state index in [0.29, 0.717) is 0 Å². The SMILES string of the molecule is COCCN(C)CCN1CC(C)C1. The van der Waals surface area contributed by atoms with Crippen molar-refractivity contribution >= 4 is 0 Å². The van der Waals surface area contributed by atoms with Gasteiger partial charge in [-0.25, -0.2) is 0 Å². The van der Waals surface area contributed by atoms with Crippen molar-refractivity contribution < 1.29 is 4.74 Å². The van der Waals surface area contributed by atoms with E-state index in [0.717, 1.165) is 25.6 Å². The standard InChI is InChI=1S/C10H22N2O/c1-10-8-12(9-10)5-4-11(2)6-7-13-3/h10H,4-9H2,1-3H3. The lowest BCUT2D eigenvalue weighted by atomic mass is 10.0. The number of likely N-dealkylation sites (tertiary alicyclic amines) is 1. The van der Waals surface area contributed by atoms with Gasteiger partial charge in [0.05, 0.1) is 6.61 Å². The molecule has 3 nitrogen and oxygen atoms in total. The molecule has 0 atom stereocenters. The molecule has 0 aliphatic carbocycles. The summed E-state index contributed by atoms with van der Waals surface area (Å²) in [5.74, 6) is 0.921. The number of nitrogens with zero attached hydrogens (tertiary/aromatic N) is 2. The first-order chi connectivity index (χ1) is 6.22. The fraction of sp³-hybridized carbons (Fsp3) is 1.00. The van der Waals surface area contributed by atoms with E-state index >= 15 is 0 Å². The second-order valence-corrected chi connectivity index (χ2v) is 4.16. The second-order valence-electron chi connectivity index (χ2n) is 4.16. The van der Waals surface area contributed by atoms with Crippen LogP contribution in [0.2, 0.25) is 0 Å². The molecule has 1 rings (SSSR count). The van der Waals surface area contributed by atoms with Crippen LogP contribution < -0.4 is 0 Å². The van der Waals surface area contributed by atoms with Crippen molar-refractivity contribution in [1.82, 2.24) is 9.80 Å². The molecular formula is C10H22N2O. The van der Waals surface area contributed by atoms with Crippen LogP contribution in [0.25, 0.3) is 0 Å². The van der Waals surface area contributed by atoms with Crippen LogP contribution >= 0.6 is 0 Å². The van der Waals surface area contributed by atoms with Crippen LogP contribution in [0.15, 0.2) is 0 Å². The topological polar surface area (TPSA) is 15.7 Å². The van der Waals surface area contributed by atoms with Crippen molar-refractivity contribution in [3.05, 3.63) is 0 Å². The molecular weight excluding hydrogens is 164 g/mol. The van der Waals surface area contributed by atoms with E-state index in [1.165, 1.54) is 19.6 Å². The Labute approximate surface area is 81.7 Å². The first kappa shape index (κ1) is 11.0. The van der Waals surface area contributed by atoms with Crippen LogP contribution in [0.4, 0.5) is 0 Å². The Hall–Kier alpha value is -0.120. The van der Waals surface area contributed by atoms with Gasteiger partial charge < -0.3 is 14.5 Å². The van der Waals surface area contributed by atoms with Gasteiger partial charge in [0.2, 0.25) is 0 Å². The summed E-state index contributed by atoms with van der Waals surface area (Å²) in [6, 6.07) is 0. The summed E-state index contributed by atoms with van der Waals surface area (Å²) >= 11 is 0. The Morgan fingerprint density at radius 1 is 1.38 bits per heavy atom. The minimum atomic E-state index is 0.840. The highest BCUT2D eigenvalue weighted by molar-refractivity contribution is 4.76. The van der Waals surface area contributed by atoms with Crippen LogP contribution in [-0.4, -0.2) is 63.3 Å². The summed E-state index contributed by atoms with van der Waals surface area (Å²) in [6.07, 6.45) is 0. The van der Waals surface area contributed by atoms with Crippen LogP contribution in [0, 0.1) is 5.92 Å². The van der Waals surface area contributed by atoms with Gasteiger partial charge in [0.1, 0.15) is 0 Å². The molecule has 0 saturated carbocycles. The predicted molar refractivity (Wildman–Crippen MR) is 55.0 cm³/mol. The first-order valence-electron chi connectivity index (χ1n) is 5.12. The molecule has 0 unspecified atom stereocenters. The van der Waals surface area contributed by atoms with E-state index in [9.17, 15) is 0 Å². The molecule has 1 aliphatic heterocycles. The van der Waals surface area contributed by atoms with Crippen LogP contribution in [0.1, 0.15) is 6.92 Å². The molecule has 1 saturated heterocycles. The van der Waals surface area contributed by atoms with Crippen molar-refractivity contribution in [2.24, 2.45) is 5.92 Å². The van der Waals surface area contributed by atoms with Crippen molar-refractivity contribution in [3.8, 4) is 0 Å². The summed E-state index contributed by atoms with van der Waals surface area (Å²) < 4.78 is 5.02. The van der Waals surface area contributed by atoms with Gasteiger partial charge in [0.15, 0.2) is 0 Å². The van der Waals surface area contributed by atoms with Crippen molar-refractivity contribution in [2.75, 3.05) is 53.5 Å². The lowest BCUT2D eigenvalue weighted by molar-refractivity contribution is 0.0927. The molecule has 1 aliphatic rings. The zero-order valence-electron chi connectivity index (χ0n) is 9.12. The van der Waals surface area contributed by atoms with E-state index < -0.39 is 0 Å². The van der Waals surface area contributed by atoms with Crippen molar-refractivity contribution in [2.45, 2.75) is 6.92 Å². The average molecular weight is 186 g/mol. The molecule has 0 N–H and O–H groups in total. The Balaban J connectivity index is 1.92. The highest BCUT2D eigenvalue weighted by Crippen LogP contribution is 2.12. The molecule has 0 amide bonds. The van der Waals surface area contributed by atoms with Gasteiger partial charge in [0, 0.05) is 39.8 Å². The first-order valence-corrected chi connectivity index (χ1v) is 5.12. The molecule has 0 aromatic carbocycles. The van der Waals surface area contributed by atoms with Gasteiger partial charge in [0.25, 0.3) is 0 Å². The lowest BCUT2D eigenvalue weighted by Gasteiger charge is -2.38. The van der Waals surface area contributed by atoms with E-state index in [1.54, 1.807) is 7.11 Å². The molecule has 13 heavy (non-hydrogen) atoms. The highest BCUT2D eigenvalue weighted by atomic mass is 16.5. The molecule has 1 heterocycles. The maximum absolute atomic E-state index is 5.02. The van der Waals surface area contributed by atoms with Crippen LogP contribution in [0.3, 0.4) is 0 Å². The van der Waals surface area contributed by atoms with Gasteiger partial charge in [-0.3, -0.25) is 0 Å². The van der Waals surface area contributed by atoms with Gasteiger partial charge in [-0.1, -0.05) is 6.92 Å². The van der Waals surface area contributed by atoms with Gasteiger partial charge in [-0.05, 0) is 13.0 Å². The maximum atomic E-state index is 5.02. The third kappa shape index (κ3) is 4.07. The molecule has 1 fully saturated rings. The van der Waals surface area contributed by atoms with Crippen molar-refractivity contribution in [3.63, 3.8) is 0 Å². The molecule has 0 aromatic rings. The minimum absolute atomic E-state index is 0.840. The average Bonchev–Trinajstić information content (AvgIpc) is 2.07. The normalized spacial score (nSPS) is 19.4. The molecule has 0 bridgehead atoms. The fourth-order valence-electron chi connectivity index (χ4n) is 1.68.